The van der Waals surface area contributed by atoms with Crippen molar-refractivity contribution in [1.82, 2.24) is 0 Å². The molecule has 0 bridgehead atoms. The molecular weight excluding hydrogens is 318 g/mol. The lowest BCUT2D eigenvalue weighted by molar-refractivity contribution is 0.939. The number of rotatable bonds is 4. The molecule has 0 saturated carbocycles. The third kappa shape index (κ3) is 3.85. The fraction of sp³-hybridized carbons (Fsp3) is 0.250. The van der Waals surface area contributed by atoms with Gasteiger partial charge in [-0.2, -0.15) is 0 Å². The van der Waals surface area contributed by atoms with Crippen LogP contribution in [0.4, 0.5) is 0 Å². The molecule has 0 saturated heterocycles. The topological polar surface area (TPSA) is 26.0 Å². The molecule has 2 N–H and O–H groups in total. The number of halogens is 1. The summed E-state index contributed by atoms with van der Waals surface area (Å²) >= 11 is 5.37. The van der Waals surface area contributed by atoms with Crippen LogP contribution in [0.2, 0.25) is 0 Å². The minimum Gasteiger partial charge on any atom is -0.329 e. The van der Waals surface area contributed by atoms with Gasteiger partial charge in [-0.15, -0.1) is 11.8 Å². The molecule has 1 unspecified atom stereocenters. The van der Waals surface area contributed by atoms with E-state index >= 15 is 0 Å². The zero-order valence-electron chi connectivity index (χ0n) is 11.2. The van der Waals surface area contributed by atoms with Gasteiger partial charge >= 0.3 is 0 Å². The smallest absolute Gasteiger partial charge is 0.0467 e. The van der Waals surface area contributed by atoms with Crippen LogP contribution in [-0.4, -0.2) is 6.54 Å². The van der Waals surface area contributed by atoms with Crippen LogP contribution >= 0.6 is 27.7 Å². The van der Waals surface area contributed by atoms with Gasteiger partial charge in [0.2, 0.25) is 0 Å². The molecule has 0 aliphatic carbocycles. The number of thioether (sulfide) groups is 1. The first-order chi connectivity index (χ1) is 9.10. The summed E-state index contributed by atoms with van der Waals surface area (Å²) in [6.07, 6.45) is 0. The molecule has 100 valence electrons. The third-order valence-electron chi connectivity index (χ3n) is 3.05. The van der Waals surface area contributed by atoms with Gasteiger partial charge in [-0.1, -0.05) is 45.8 Å². The molecule has 0 heterocycles. The van der Waals surface area contributed by atoms with Crippen LogP contribution in [-0.2, 0) is 0 Å². The van der Waals surface area contributed by atoms with Crippen molar-refractivity contribution >= 4 is 27.7 Å². The van der Waals surface area contributed by atoms with Crippen molar-refractivity contribution < 1.29 is 0 Å². The van der Waals surface area contributed by atoms with Gasteiger partial charge in [-0.05, 0) is 43.2 Å². The van der Waals surface area contributed by atoms with Crippen molar-refractivity contribution in [1.29, 1.82) is 0 Å². The highest BCUT2D eigenvalue weighted by molar-refractivity contribution is 9.10. The normalized spacial score (nSPS) is 12.4. The monoisotopic (exact) mass is 335 g/mol. The van der Waals surface area contributed by atoms with E-state index in [9.17, 15) is 0 Å². The molecule has 0 fully saturated rings. The number of benzene rings is 2. The molecule has 19 heavy (non-hydrogen) atoms. The van der Waals surface area contributed by atoms with Gasteiger partial charge in [0.1, 0.15) is 0 Å². The van der Waals surface area contributed by atoms with Gasteiger partial charge < -0.3 is 5.73 Å². The van der Waals surface area contributed by atoms with E-state index in [1.54, 1.807) is 0 Å². The molecule has 1 atom stereocenters. The van der Waals surface area contributed by atoms with E-state index < -0.39 is 0 Å². The summed E-state index contributed by atoms with van der Waals surface area (Å²) in [4.78, 5) is 1.32. The van der Waals surface area contributed by atoms with Crippen LogP contribution in [0.25, 0.3) is 0 Å². The van der Waals surface area contributed by atoms with E-state index in [-0.39, 0.29) is 5.25 Å². The average Bonchev–Trinajstić information content (AvgIpc) is 2.39. The first-order valence-corrected chi connectivity index (χ1v) is 7.97. The number of hydrogen-bond acceptors (Lipinski definition) is 2. The van der Waals surface area contributed by atoms with E-state index in [2.05, 4.69) is 66.2 Å². The molecule has 0 radical (unpaired) electrons. The Bertz CT molecular complexity index is 568. The van der Waals surface area contributed by atoms with Gasteiger partial charge in [-0.25, -0.2) is 0 Å². The van der Waals surface area contributed by atoms with Crippen molar-refractivity contribution in [3.05, 3.63) is 63.6 Å². The van der Waals surface area contributed by atoms with Gasteiger partial charge in [0.15, 0.2) is 0 Å². The van der Waals surface area contributed by atoms with Crippen molar-refractivity contribution in [2.45, 2.75) is 24.0 Å². The predicted molar refractivity (Wildman–Crippen MR) is 87.7 cm³/mol. The van der Waals surface area contributed by atoms with E-state index in [0.717, 1.165) is 4.47 Å². The second-order valence-electron chi connectivity index (χ2n) is 4.67. The molecular formula is C16H18BrNS. The highest BCUT2D eigenvalue weighted by atomic mass is 79.9. The van der Waals surface area contributed by atoms with Gasteiger partial charge in [0, 0.05) is 21.2 Å². The van der Waals surface area contributed by atoms with Crippen LogP contribution < -0.4 is 5.73 Å². The van der Waals surface area contributed by atoms with Crippen molar-refractivity contribution in [2.75, 3.05) is 6.54 Å². The first kappa shape index (κ1) is 14.6. The first-order valence-electron chi connectivity index (χ1n) is 6.29. The van der Waals surface area contributed by atoms with Crippen molar-refractivity contribution in [3.63, 3.8) is 0 Å². The average molecular weight is 336 g/mol. The molecule has 2 aromatic carbocycles. The van der Waals surface area contributed by atoms with E-state index in [0.29, 0.717) is 6.54 Å². The maximum atomic E-state index is 5.95. The maximum Gasteiger partial charge on any atom is 0.0467 e. The fourth-order valence-corrected chi connectivity index (χ4v) is 3.56. The Labute approximate surface area is 127 Å². The summed E-state index contributed by atoms with van der Waals surface area (Å²) < 4.78 is 1.10. The maximum absolute atomic E-state index is 5.95. The van der Waals surface area contributed by atoms with Crippen LogP contribution in [0.15, 0.2) is 51.8 Å². The third-order valence-corrected chi connectivity index (χ3v) is 4.98. The van der Waals surface area contributed by atoms with Crippen LogP contribution in [0.1, 0.15) is 21.9 Å². The van der Waals surface area contributed by atoms with E-state index in [4.69, 9.17) is 5.73 Å². The minimum atomic E-state index is 0.290. The predicted octanol–water partition coefficient (Wildman–Crippen LogP) is 4.86. The largest absolute Gasteiger partial charge is 0.329 e. The minimum absolute atomic E-state index is 0.290. The lowest BCUT2D eigenvalue weighted by Crippen LogP contribution is -2.09. The molecule has 0 spiro atoms. The Hall–Kier alpha value is -0.770. The number of hydrogen-bond donors (Lipinski definition) is 1. The number of aryl methyl sites for hydroxylation is 2. The molecule has 3 heteroatoms. The molecule has 0 aliphatic rings. The fourth-order valence-electron chi connectivity index (χ4n) is 1.95. The van der Waals surface area contributed by atoms with E-state index in [1.165, 1.54) is 21.6 Å². The molecule has 2 rings (SSSR count). The van der Waals surface area contributed by atoms with Gasteiger partial charge in [0.25, 0.3) is 0 Å². The SMILES string of the molecule is Cc1ccc(C)c(SC(CN)c2cccc(Br)c2)c1. The summed E-state index contributed by atoms with van der Waals surface area (Å²) in [5.74, 6) is 0. The molecule has 0 aliphatic heterocycles. The van der Waals surface area contributed by atoms with Crippen molar-refractivity contribution in [2.24, 2.45) is 5.73 Å². The quantitative estimate of drug-likeness (QED) is 0.807. The standard InChI is InChI=1S/C16H18BrNS/c1-11-6-7-12(2)15(8-11)19-16(10-18)13-4-3-5-14(17)9-13/h3-9,16H,10,18H2,1-2H3. The summed E-state index contributed by atoms with van der Waals surface area (Å²) in [7, 11) is 0. The van der Waals surface area contributed by atoms with E-state index in [1.807, 2.05) is 17.8 Å². The van der Waals surface area contributed by atoms with Gasteiger partial charge in [0.05, 0.1) is 0 Å². The Morgan fingerprint density at radius 3 is 2.63 bits per heavy atom. The number of nitrogens with two attached hydrogens (primary N) is 1. The lowest BCUT2D eigenvalue weighted by atomic mass is 10.1. The Morgan fingerprint density at radius 1 is 1.16 bits per heavy atom. The zero-order chi connectivity index (χ0) is 13.8. The summed E-state index contributed by atoms with van der Waals surface area (Å²) in [6.45, 7) is 4.91. The summed E-state index contributed by atoms with van der Waals surface area (Å²) in [5.41, 5.74) is 9.82. The Kier molecular flexibility index (Phi) is 5.08. The molecule has 0 aromatic heterocycles. The van der Waals surface area contributed by atoms with Crippen LogP contribution in [0.3, 0.4) is 0 Å². The Morgan fingerprint density at radius 2 is 1.95 bits per heavy atom. The highest BCUT2D eigenvalue weighted by Crippen LogP contribution is 2.37. The van der Waals surface area contributed by atoms with Gasteiger partial charge in [-0.3, -0.25) is 0 Å². The molecule has 2 aromatic rings. The molecule has 1 nitrogen and oxygen atoms in total. The summed E-state index contributed by atoms with van der Waals surface area (Å²) in [5, 5.41) is 0.290. The zero-order valence-corrected chi connectivity index (χ0v) is 13.6. The van der Waals surface area contributed by atoms with Crippen LogP contribution in [0.5, 0.6) is 0 Å². The second kappa shape index (κ2) is 6.60. The molecule has 0 amide bonds. The van der Waals surface area contributed by atoms with Crippen LogP contribution in [0, 0.1) is 13.8 Å². The van der Waals surface area contributed by atoms with Crippen molar-refractivity contribution in [3.8, 4) is 0 Å². The summed E-state index contributed by atoms with van der Waals surface area (Å²) in [6, 6.07) is 14.9. The highest BCUT2D eigenvalue weighted by Gasteiger charge is 2.13. The second-order valence-corrected chi connectivity index (χ2v) is 6.83. The lowest BCUT2D eigenvalue weighted by Gasteiger charge is -2.17. The Balaban J connectivity index is 2.26.